The molecule has 0 fully saturated rings. The van der Waals surface area contributed by atoms with Crippen LogP contribution in [0.2, 0.25) is 0 Å². The second kappa shape index (κ2) is 17.1. The molecule has 0 aliphatic carbocycles. The molecule has 0 saturated heterocycles. The van der Waals surface area contributed by atoms with E-state index in [0.29, 0.717) is 6.42 Å². The van der Waals surface area contributed by atoms with Crippen LogP contribution in [0.15, 0.2) is 0 Å². The first-order chi connectivity index (χ1) is 7.56. The molecule has 0 heterocycles. The van der Waals surface area contributed by atoms with Crippen LogP contribution in [0.3, 0.4) is 0 Å². The molecule has 0 atom stereocenters. The maximum Gasteiger partial charge on any atom is 1.00 e. The van der Waals surface area contributed by atoms with Crippen LogP contribution in [0.1, 0.15) is 51.4 Å². The number of aliphatic hydroxyl groups is 1. The van der Waals surface area contributed by atoms with Crippen molar-refractivity contribution >= 4 is 7.82 Å². The molecule has 1 N–H and O–H groups in total. The molecule has 0 aliphatic heterocycles. The topological polar surface area (TPSA) is 92.7 Å². The Balaban J connectivity index is -0.00000112. The van der Waals surface area contributed by atoms with Crippen LogP contribution in [0.5, 0.6) is 0 Å². The van der Waals surface area contributed by atoms with E-state index in [1.54, 1.807) is 0 Å². The van der Waals surface area contributed by atoms with Gasteiger partial charge in [-0.3, -0.25) is 0 Å². The van der Waals surface area contributed by atoms with Crippen LogP contribution < -0.4 is 68.9 Å². The van der Waals surface area contributed by atoms with Crippen molar-refractivity contribution in [1.82, 2.24) is 0 Å². The van der Waals surface area contributed by atoms with Gasteiger partial charge in [-0.2, -0.15) is 0 Å². The fraction of sp³-hybridized carbons (Fsp3) is 1.00. The third-order valence-electron chi connectivity index (χ3n) is 2.30. The number of phosphoric ester groups is 1. The minimum atomic E-state index is -4.76. The standard InChI is InChI=1S/C10H23O5P.2Na/c11-9-7-5-3-1-2-4-6-8-10-15-16(12,13)14;;/h11H,1-10H2,(H2,12,13,14);;/q;2*+1/p-2. The first-order valence-corrected chi connectivity index (χ1v) is 7.30. The average Bonchev–Trinajstić information content (AvgIpc) is 2.19. The van der Waals surface area contributed by atoms with Gasteiger partial charge in [-0.25, -0.2) is 0 Å². The van der Waals surface area contributed by atoms with Crippen LogP contribution >= 0.6 is 7.82 Å². The summed E-state index contributed by atoms with van der Waals surface area (Å²) in [4.78, 5) is 20.2. The van der Waals surface area contributed by atoms with Gasteiger partial charge in [-0.1, -0.05) is 38.5 Å². The predicted molar refractivity (Wildman–Crippen MR) is 57.6 cm³/mol. The van der Waals surface area contributed by atoms with Crippen molar-refractivity contribution < 1.29 is 83.1 Å². The second-order valence-electron chi connectivity index (χ2n) is 3.83. The molecule has 98 valence electrons. The largest absolute Gasteiger partial charge is 1.00 e. The minimum Gasteiger partial charge on any atom is -0.790 e. The number of hydrogen-bond donors (Lipinski definition) is 1. The average molecular weight is 298 g/mol. The van der Waals surface area contributed by atoms with Gasteiger partial charge in [0.05, 0.1) is 14.4 Å². The molecule has 8 heteroatoms. The summed E-state index contributed by atoms with van der Waals surface area (Å²) in [7, 11) is -4.76. The third kappa shape index (κ3) is 23.2. The summed E-state index contributed by atoms with van der Waals surface area (Å²) >= 11 is 0. The number of aliphatic hydroxyl groups excluding tert-OH is 1. The van der Waals surface area contributed by atoms with Gasteiger partial charge in [0.25, 0.3) is 0 Å². The van der Waals surface area contributed by atoms with Crippen molar-refractivity contribution in [2.24, 2.45) is 0 Å². The summed E-state index contributed by atoms with van der Waals surface area (Å²) in [6, 6.07) is 0. The van der Waals surface area contributed by atoms with E-state index in [-0.39, 0.29) is 72.3 Å². The zero-order valence-corrected chi connectivity index (χ0v) is 16.5. The van der Waals surface area contributed by atoms with Gasteiger partial charge in [0, 0.05) is 6.61 Å². The fourth-order valence-corrected chi connectivity index (χ4v) is 1.80. The molecule has 5 nitrogen and oxygen atoms in total. The van der Waals surface area contributed by atoms with E-state index in [4.69, 9.17) is 5.11 Å². The van der Waals surface area contributed by atoms with Gasteiger partial charge in [0.2, 0.25) is 0 Å². The predicted octanol–water partition coefficient (Wildman–Crippen LogP) is -5.05. The molecule has 18 heavy (non-hydrogen) atoms. The maximum absolute atomic E-state index is 10.1. The van der Waals surface area contributed by atoms with Crippen molar-refractivity contribution in [2.75, 3.05) is 13.2 Å². The molecular formula is C10H21Na2O5P. The first kappa shape index (κ1) is 25.0. The Bertz CT molecular complexity index is 201. The van der Waals surface area contributed by atoms with Gasteiger partial charge in [-0.15, -0.1) is 0 Å². The number of rotatable bonds is 11. The molecule has 0 aromatic rings. The summed E-state index contributed by atoms with van der Waals surface area (Å²) in [5, 5.41) is 8.54. The van der Waals surface area contributed by atoms with Crippen LogP contribution in [-0.4, -0.2) is 18.3 Å². The number of hydrogen-bond acceptors (Lipinski definition) is 5. The summed E-state index contributed by atoms with van der Waals surface area (Å²) < 4.78 is 14.2. The summed E-state index contributed by atoms with van der Waals surface area (Å²) in [5.74, 6) is 0. The summed E-state index contributed by atoms with van der Waals surface area (Å²) in [6.45, 7) is 0.274. The van der Waals surface area contributed by atoms with Crippen molar-refractivity contribution in [3.05, 3.63) is 0 Å². The van der Waals surface area contributed by atoms with Crippen LogP contribution in [0.25, 0.3) is 0 Å². The van der Waals surface area contributed by atoms with Crippen LogP contribution in [0, 0.1) is 0 Å². The summed E-state index contributed by atoms with van der Waals surface area (Å²) in [6.07, 6.45) is 7.86. The molecule has 0 rings (SSSR count). The molecule has 0 aliphatic rings. The second-order valence-corrected chi connectivity index (χ2v) is 4.99. The van der Waals surface area contributed by atoms with Crippen LogP contribution in [-0.2, 0) is 9.09 Å². The Morgan fingerprint density at radius 2 is 1.22 bits per heavy atom. The smallest absolute Gasteiger partial charge is 0.790 e. The van der Waals surface area contributed by atoms with Gasteiger partial charge < -0.3 is 24.0 Å². The maximum atomic E-state index is 10.1. The van der Waals surface area contributed by atoms with Crippen LogP contribution in [0.4, 0.5) is 0 Å². The monoisotopic (exact) mass is 298 g/mol. The number of unbranched alkanes of at least 4 members (excludes halogenated alkanes) is 7. The Labute approximate surface area is 154 Å². The molecule has 0 spiro atoms. The first-order valence-electron chi connectivity index (χ1n) is 5.84. The van der Waals surface area contributed by atoms with E-state index in [2.05, 4.69) is 4.52 Å². The molecule has 0 amide bonds. The molecule has 0 saturated carbocycles. The quantitative estimate of drug-likeness (QED) is 0.234. The van der Waals surface area contributed by atoms with E-state index in [1.807, 2.05) is 0 Å². The SMILES string of the molecule is O=P([O-])([O-])OCCCCCCCCCCO.[Na+].[Na+]. The van der Waals surface area contributed by atoms with Crippen molar-refractivity contribution in [3.8, 4) is 0 Å². The Morgan fingerprint density at radius 1 is 0.833 bits per heavy atom. The van der Waals surface area contributed by atoms with Crippen molar-refractivity contribution in [3.63, 3.8) is 0 Å². The van der Waals surface area contributed by atoms with Gasteiger partial charge in [0.15, 0.2) is 0 Å². The zero-order valence-electron chi connectivity index (χ0n) is 11.6. The third-order valence-corrected chi connectivity index (χ3v) is 2.80. The molecule has 0 bridgehead atoms. The molecule has 0 radical (unpaired) electrons. The normalized spacial score (nSPS) is 10.6. The molecule has 0 aromatic carbocycles. The Hall–Kier alpha value is 2.07. The van der Waals surface area contributed by atoms with Gasteiger partial charge >= 0.3 is 59.1 Å². The Morgan fingerprint density at radius 3 is 1.61 bits per heavy atom. The van der Waals surface area contributed by atoms with Gasteiger partial charge in [0.1, 0.15) is 0 Å². The van der Waals surface area contributed by atoms with Crippen molar-refractivity contribution in [2.45, 2.75) is 51.4 Å². The van der Waals surface area contributed by atoms with E-state index < -0.39 is 7.82 Å². The summed E-state index contributed by atoms with van der Waals surface area (Å²) in [5.41, 5.74) is 0. The van der Waals surface area contributed by atoms with Crippen molar-refractivity contribution in [1.29, 1.82) is 0 Å². The minimum absolute atomic E-state index is 0. The van der Waals surface area contributed by atoms with E-state index >= 15 is 0 Å². The fourth-order valence-electron chi connectivity index (χ4n) is 1.45. The van der Waals surface area contributed by atoms with E-state index in [9.17, 15) is 14.4 Å². The zero-order chi connectivity index (χ0) is 12.3. The van der Waals surface area contributed by atoms with Gasteiger partial charge in [-0.05, 0) is 12.8 Å². The molecule has 0 unspecified atom stereocenters. The van der Waals surface area contributed by atoms with E-state index in [0.717, 1.165) is 44.9 Å². The molecule has 0 aromatic heterocycles. The molecular weight excluding hydrogens is 277 g/mol. The van der Waals surface area contributed by atoms with E-state index in [1.165, 1.54) is 0 Å². The Kier molecular flexibility index (Phi) is 23.8. The number of phosphoric acid groups is 1.